The van der Waals surface area contributed by atoms with Crippen LogP contribution in [0, 0.1) is 11.3 Å². The van der Waals surface area contributed by atoms with Gasteiger partial charge in [-0.05, 0) is 18.8 Å². The topological polar surface area (TPSA) is 29.1 Å². The fourth-order valence-electron chi connectivity index (χ4n) is 1.10. The highest BCUT2D eigenvalue weighted by Gasteiger charge is 2.25. The summed E-state index contributed by atoms with van der Waals surface area (Å²) in [5.74, 6) is 0.817. The summed E-state index contributed by atoms with van der Waals surface area (Å²) in [4.78, 5) is 11.3. The van der Waals surface area contributed by atoms with E-state index in [9.17, 15) is 4.79 Å². The van der Waals surface area contributed by atoms with Crippen molar-refractivity contribution < 1.29 is 4.79 Å². The second-order valence-electron chi connectivity index (χ2n) is 4.40. The maximum Gasteiger partial charge on any atom is 0.225 e. The van der Waals surface area contributed by atoms with Crippen molar-refractivity contribution in [2.45, 2.75) is 40.5 Å². The Balaban J connectivity index is 3.95. The van der Waals surface area contributed by atoms with Gasteiger partial charge in [-0.15, -0.1) is 0 Å². The van der Waals surface area contributed by atoms with Gasteiger partial charge in [-0.25, -0.2) is 0 Å². The first-order chi connectivity index (χ1) is 5.40. The van der Waals surface area contributed by atoms with E-state index >= 15 is 0 Å². The molecule has 0 aliphatic heterocycles. The highest BCUT2D eigenvalue weighted by atomic mass is 16.2. The lowest BCUT2D eigenvalue weighted by Crippen LogP contribution is -2.34. The molecule has 1 N–H and O–H groups in total. The standard InChI is InChI=1S/C10H21NO/c1-8(2)6-7-10(3,4)9(12)11-5/h8H,6-7H2,1-5H3,(H,11,12). The molecule has 72 valence electrons. The Hall–Kier alpha value is -0.530. The molecule has 0 bridgehead atoms. The van der Waals surface area contributed by atoms with Gasteiger partial charge in [-0.2, -0.15) is 0 Å². The van der Waals surface area contributed by atoms with Gasteiger partial charge < -0.3 is 5.32 Å². The van der Waals surface area contributed by atoms with E-state index < -0.39 is 0 Å². The van der Waals surface area contributed by atoms with Crippen LogP contribution in [0.25, 0.3) is 0 Å². The quantitative estimate of drug-likeness (QED) is 0.690. The highest BCUT2D eigenvalue weighted by Crippen LogP contribution is 2.24. The number of rotatable bonds is 4. The molecule has 0 aromatic rings. The van der Waals surface area contributed by atoms with Crippen LogP contribution < -0.4 is 5.32 Å². The van der Waals surface area contributed by atoms with Gasteiger partial charge in [0.05, 0.1) is 0 Å². The molecule has 0 spiro atoms. The third-order valence-electron chi connectivity index (χ3n) is 2.19. The van der Waals surface area contributed by atoms with E-state index in [-0.39, 0.29) is 11.3 Å². The highest BCUT2D eigenvalue weighted by molar-refractivity contribution is 5.81. The molecule has 2 heteroatoms. The second-order valence-corrected chi connectivity index (χ2v) is 4.40. The van der Waals surface area contributed by atoms with Crippen LogP contribution in [0.15, 0.2) is 0 Å². The maximum atomic E-state index is 11.3. The van der Waals surface area contributed by atoms with Gasteiger partial charge in [-0.1, -0.05) is 27.7 Å². The van der Waals surface area contributed by atoms with Crippen molar-refractivity contribution in [3.05, 3.63) is 0 Å². The van der Waals surface area contributed by atoms with E-state index in [1.165, 1.54) is 0 Å². The van der Waals surface area contributed by atoms with Gasteiger partial charge in [0.2, 0.25) is 5.91 Å². The average Bonchev–Trinajstić information content (AvgIpc) is 1.99. The fraction of sp³-hybridized carbons (Fsp3) is 0.900. The van der Waals surface area contributed by atoms with Crippen LogP contribution in [0.2, 0.25) is 0 Å². The van der Waals surface area contributed by atoms with Gasteiger partial charge in [0.15, 0.2) is 0 Å². The zero-order chi connectivity index (χ0) is 9.78. The summed E-state index contributed by atoms with van der Waals surface area (Å²) in [5.41, 5.74) is -0.209. The summed E-state index contributed by atoms with van der Waals surface area (Å²) < 4.78 is 0. The summed E-state index contributed by atoms with van der Waals surface area (Å²) in [5, 5.41) is 2.69. The Morgan fingerprint density at radius 1 is 1.42 bits per heavy atom. The average molecular weight is 171 g/mol. The van der Waals surface area contributed by atoms with Gasteiger partial charge in [-0.3, -0.25) is 4.79 Å². The van der Waals surface area contributed by atoms with E-state index in [1.807, 2.05) is 13.8 Å². The lowest BCUT2D eigenvalue weighted by molar-refractivity contribution is -0.129. The molecule has 0 aromatic carbocycles. The molecule has 2 nitrogen and oxygen atoms in total. The summed E-state index contributed by atoms with van der Waals surface area (Å²) in [7, 11) is 1.69. The number of hydrogen-bond acceptors (Lipinski definition) is 1. The lowest BCUT2D eigenvalue weighted by Gasteiger charge is -2.23. The number of amides is 1. The molecule has 0 unspecified atom stereocenters. The van der Waals surface area contributed by atoms with E-state index in [1.54, 1.807) is 7.05 Å². The zero-order valence-electron chi connectivity index (χ0n) is 8.90. The first-order valence-corrected chi connectivity index (χ1v) is 4.62. The molecule has 0 saturated heterocycles. The van der Waals surface area contributed by atoms with Crippen molar-refractivity contribution in [3.63, 3.8) is 0 Å². The molecule has 1 amide bonds. The van der Waals surface area contributed by atoms with Crippen molar-refractivity contribution in [3.8, 4) is 0 Å². The number of carbonyl (C=O) groups excluding carboxylic acids is 1. The summed E-state index contributed by atoms with van der Waals surface area (Å²) >= 11 is 0. The van der Waals surface area contributed by atoms with Crippen molar-refractivity contribution in [2.24, 2.45) is 11.3 Å². The summed E-state index contributed by atoms with van der Waals surface area (Å²) in [6.45, 7) is 8.35. The summed E-state index contributed by atoms with van der Waals surface area (Å²) in [6.07, 6.45) is 2.07. The van der Waals surface area contributed by atoms with Crippen LogP contribution in [0.4, 0.5) is 0 Å². The van der Waals surface area contributed by atoms with Crippen LogP contribution in [-0.4, -0.2) is 13.0 Å². The van der Waals surface area contributed by atoms with Crippen molar-refractivity contribution in [1.82, 2.24) is 5.32 Å². The number of nitrogens with one attached hydrogen (secondary N) is 1. The molecular formula is C10H21NO. The van der Waals surface area contributed by atoms with Crippen molar-refractivity contribution in [2.75, 3.05) is 7.05 Å². The molecular weight excluding hydrogens is 150 g/mol. The van der Waals surface area contributed by atoms with Crippen LogP contribution in [0.3, 0.4) is 0 Å². The predicted octanol–water partition coefficient (Wildman–Crippen LogP) is 2.19. The lowest BCUT2D eigenvalue weighted by atomic mass is 9.84. The predicted molar refractivity (Wildman–Crippen MR) is 51.9 cm³/mol. The van der Waals surface area contributed by atoms with Crippen LogP contribution >= 0.6 is 0 Å². The van der Waals surface area contributed by atoms with Gasteiger partial charge >= 0.3 is 0 Å². The largest absolute Gasteiger partial charge is 0.359 e. The third-order valence-corrected chi connectivity index (χ3v) is 2.19. The van der Waals surface area contributed by atoms with E-state index in [4.69, 9.17) is 0 Å². The minimum Gasteiger partial charge on any atom is -0.359 e. The Morgan fingerprint density at radius 2 is 1.92 bits per heavy atom. The maximum absolute atomic E-state index is 11.3. The minimum atomic E-state index is -0.209. The Labute approximate surface area is 75.7 Å². The van der Waals surface area contributed by atoms with E-state index in [0.29, 0.717) is 5.92 Å². The smallest absolute Gasteiger partial charge is 0.225 e. The second kappa shape index (κ2) is 4.48. The first kappa shape index (κ1) is 11.5. The molecule has 0 radical (unpaired) electrons. The summed E-state index contributed by atoms with van der Waals surface area (Å²) in [6, 6.07) is 0. The minimum absolute atomic E-state index is 0.142. The van der Waals surface area contributed by atoms with Crippen LogP contribution in [0.5, 0.6) is 0 Å². The molecule has 0 aromatic heterocycles. The molecule has 0 aliphatic rings. The normalized spacial score (nSPS) is 11.8. The Kier molecular flexibility index (Phi) is 4.29. The SMILES string of the molecule is CNC(=O)C(C)(C)CCC(C)C. The Bertz CT molecular complexity index is 150. The Morgan fingerprint density at radius 3 is 2.25 bits per heavy atom. The van der Waals surface area contributed by atoms with Crippen LogP contribution in [-0.2, 0) is 4.79 Å². The van der Waals surface area contributed by atoms with Gasteiger partial charge in [0.25, 0.3) is 0 Å². The van der Waals surface area contributed by atoms with Gasteiger partial charge in [0, 0.05) is 12.5 Å². The van der Waals surface area contributed by atoms with Crippen molar-refractivity contribution in [1.29, 1.82) is 0 Å². The molecule has 0 saturated carbocycles. The van der Waals surface area contributed by atoms with Crippen molar-refractivity contribution >= 4 is 5.91 Å². The van der Waals surface area contributed by atoms with Gasteiger partial charge in [0.1, 0.15) is 0 Å². The molecule has 0 atom stereocenters. The molecule has 12 heavy (non-hydrogen) atoms. The van der Waals surface area contributed by atoms with E-state index in [2.05, 4.69) is 19.2 Å². The van der Waals surface area contributed by atoms with E-state index in [0.717, 1.165) is 12.8 Å². The molecule has 0 fully saturated rings. The molecule has 0 heterocycles. The van der Waals surface area contributed by atoms with Crippen LogP contribution in [0.1, 0.15) is 40.5 Å². The number of carbonyl (C=O) groups is 1. The first-order valence-electron chi connectivity index (χ1n) is 4.62. The monoisotopic (exact) mass is 171 g/mol. The third kappa shape index (κ3) is 3.74. The molecule has 0 aliphatic carbocycles. The fourth-order valence-corrected chi connectivity index (χ4v) is 1.10. The zero-order valence-corrected chi connectivity index (χ0v) is 8.90. The number of hydrogen-bond donors (Lipinski definition) is 1. The molecule has 0 rings (SSSR count).